The lowest BCUT2D eigenvalue weighted by Gasteiger charge is -2.19. The molecule has 35 heavy (non-hydrogen) atoms. The summed E-state index contributed by atoms with van der Waals surface area (Å²) in [6.45, 7) is 4.12. The standard InChI is InChI=1S/C23H23BrClN7O3/c1-4-14(12-35-3)28-23(34)20-19(13(2)10-15-7-9-27-31(15)20)29-22(33)17-11-18(24)30-32(17)21-16(25)6-5-8-26-21/h5-11,14H,4,12H2,1-3H3,(H,28,34)(H,29,33). The number of amides is 2. The summed E-state index contributed by atoms with van der Waals surface area (Å²) in [6.07, 6.45) is 3.83. The molecule has 0 aliphatic carbocycles. The third-order valence-corrected chi connectivity index (χ3v) is 6.06. The molecule has 0 aromatic carbocycles. The number of fused-ring (bicyclic) bond motifs is 1. The molecule has 4 aromatic rings. The summed E-state index contributed by atoms with van der Waals surface area (Å²) >= 11 is 9.61. The Hall–Kier alpha value is -3.28. The van der Waals surface area contributed by atoms with E-state index >= 15 is 0 Å². The number of pyridine rings is 2. The van der Waals surface area contributed by atoms with E-state index in [9.17, 15) is 9.59 Å². The van der Waals surface area contributed by atoms with Gasteiger partial charge in [0.2, 0.25) is 0 Å². The first-order valence-electron chi connectivity index (χ1n) is 10.8. The molecule has 1 atom stereocenters. The fourth-order valence-corrected chi connectivity index (χ4v) is 4.24. The van der Waals surface area contributed by atoms with E-state index in [4.69, 9.17) is 16.3 Å². The predicted octanol–water partition coefficient (Wildman–Crippen LogP) is 4.05. The normalized spacial score (nSPS) is 12.0. The van der Waals surface area contributed by atoms with Crippen LogP contribution in [-0.2, 0) is 4.74 Å². The molecule has 0 saturated carbocycles. The van der Waals surface area contributed by atoms with E-state index in [1.807, 2.05) is 19.9 Å². The second kappa shape index (κ2) is 10.5. The van der Waals surface area contributed by atoms with Crippen molar-refractivity contribution in [2.75, 3.05) is 19.0 Å². The molecule has 2 amide bonds. The summed E-state index contributed by atoms with van der Waals surface area (Å²) < 4.78 is 8.48. The van der Waals surface area contributed by atoms with Crippen molar-refractivity contribution in [3.05, 3.63) is 69.3 Å². The number of carbonyl (C=O) groups excluding carboxylic acids is 2. The minimum absolute atomic E-state index is 0.176. The average Bonchev–Trinajstić information content (AvgIpc) is 3.45. The van der Waals surface area contributed by atoms with Crippen molar-refractivity contribution in [1.29, 1.82) is 0 Å². The van der Waals surface area contributed by atoms with Gasteiger partial charge in [0.15, 0.2) is 11.5 Å². The van der Waals surface area contributed by atoms with Crippen LogP contribution in [0.4, 0.5) is 5.69 Å². The topological polar surface area (TPSA) is 115 Å². The number of aromatic nitrogens is 5. The van der Waals surface area contributed by atoms with E-state index in [0.717, 1.165) is 5.52 Å². The van der Waals surface area contributed by atoms with Crippen LogP contribution in [0.2, 0.25) is 5.02 Å². The number of halogens is 2. The Morgan fingerprint density at radius 2 is 2.03 bits per heavy atom. The molecule has 1 unspecified atom stereocenters. The molecular formula is C23H23BrClN7O3. The Balaban J connectivity index is 1.76. The van der Waals surface area contributed by atoms with E-state index in [0.29, 0.717) is 39.7 Å². The van der Waals surface area contributed by atoms with Gasteiger partial charge in [-0.1, -0.05) is 18.5 Å². The van der Waals surface area contributed by atoms with Gasteiger partial charge in [-0.2, -0.15) is 10.2 Å². The molecule has 10 nitrogen and oxygen atoms in total. The lowest BCUT2D eigenvalue weighted by molar-refractivity contribution is 0.0888. The van der Waals surface area contributed by atoms with Gasteiger partial charge in [-0.3, -0.25) is 9.59 Å². The van der Waals surface area contributed by atoms with Crippen molar-refractivity contribution >= 4 is 50.5 Å². The Kier molecular flexibility index (Phi) is 7.48. The van der Waals surface area contributed by atoms with Crippen LogP contribution >= 0.6 is 27.5 Å². The van der Waals surface area contributed by atoms with Crippen LogP contribution in [0, 0.1) is 6.92 Å². The van der Waals surface area contributed by atoms with Crippen LogP contribution in [0.1, 0.15) is 39.9 Å². The maximum Gasteiger partial charge on any atom is 0.274 e. The van der Waals surface area contributed by atoms with Gasteiger partial charge in [0.25, 0.3) is 11.8 Å². The van der Waals surface area contributed by atoms with Gasteiger partial charge in [-0.05, 0) is 59.1 Å². The largest absolute Gasteiger partial charge is 0.383 e. The monoisotopic (exact) mass is 559 g/mol. The molecule has 4 rings (SSSR count). The van der Waals surface area contributed by atoms with Crippen molar-refractivity contribution in [3.8, 4) is 5.82 Å². The lowest BCUT2D eigenvalue weighted by atomic mass is 10.1. The molecule has 0 saturated heterocycles. The zero-order chi connectivity index (χ0) is 25.1. The fraction of sp³-hybridized carbons (Fsp3) is 0.261. The van der Waals surface area contributed by atoms with Crippen LogP contribution in [0.5, 0.6) is 0 Å². The van der Waals surface area contributed by atoms with Gasteiger partial charge in [-0.25, -0.2) is 14.2 Å². The van der Waals surface area contributed by atoms with Gasteiger partial charge in [0, 0.05) is 19.4 Å². The molecule has 4 heterocycles. The third kappa shape index (κ3) is 5.07. The van der Waals surface area contributed by atoms with Crippen molar-refractivity contribution < 1.29 is 14.3 Å². The number of ether oxygens (including phenoxy) is 1. The van der Waals surface area contributed by atoms with E-state index in [-0.39, 0.29) is 23.3 Å². The number of aryl methyl sites for hydroxylation is 1. The first kappa shape index (κ1) is 24.8. The van der Waals surface area contributed by atoms with Crippen LogP contribution in [0.15, 0.2) is 47.3 Å². The van der Waals surface area contributed by atoms with Gasteiger partial charge >= 0.3 is 0 Å². The highest BCUT2D eigenvalue weighted by Gasteiger charge is 2.25. The molecule has 12 heteroatoms. The lowest BCUT2D eigenvalue weighted by Crippen LogP contribution is -2.39. The Labute approximate surface area is 214 Å². The highest BCUT2D eigenvalue weighted by Crippen LogP contribution is 2.26. The van der Waals surface area contributed by atoms with Crippen molar-refractivity contribution in [2.24, 2.45) is 0 Å². The molecule has 2 N–H and O–H groups in total. The number of hydrogen-bond donors (Lipinski definition) is 2. The highest BCUT2D eigenvalue weighted by molar-refractivity contribution is 9.10. The van der Waals surface area contributed by atoms with Crippen molar-refractivity contribution in [3.63, 3.8) is 0 Å². The molecule has 0 fully saturated rings. The first-order chi connectivity index (χ1) is 16.8. The second-order valence-electron chi connectivity index (χ2n) is 7.78. The Morgan fingerprint density at radius 3 is 2.74 bits per heavy atom. The minimum Gasteiger partial charge on any atom is -0.383 e. The fourth-order valence-electron chi connectivity index (χ4n) is 3.67. The SMILES string of the molecule is CCC(COC)NC(=O)c1c(NC(=O)c2cc(Br)nn2-c2ncccc2Cl)c(C)cc2ccnn12. The van der Waals surface area contributed by atoms with Crippen LogP contribution in [-0.4, -0.2) is 56.0 Å². The number of rotatable bonds is 8. The molecule has 4 aromatic heterocycles. The molecule has 0 spiro atoms. The van der Waals surface area contributed by atoms with Crippen LogP contribution in [0.25, 0.3) is 11.3 Å². The summed E-state index contributed by atoms with van der Waals surface area (Å²) in [5.41, 5.74) is 2.12. The highest BCUT2D eigenvalue weighted by atomic mass is 79.9. The minimum atomic E-state index is -0.502. The van der Waals surface area contributed by atoms with Crippen LogP contribution < -0.4 is 10.6 Å². The summed E-state index contributed by atoms with van der Waals surface area (Å²) in [6, 6.07) is 8.32. The van der Waals surface area contributed by atoms with E-state index in [1.165, 1.54) is 9.20 Å². The summed E-state index contributed by atoms with van der Waals surface area (Å²) in [5, 5.41) is 14.8. The number of methoxy groups -OCH3 is 1. The van der Waals surface area contributed by atoms with Gasteiger partial charge in [0.05, 0.1) is 35.1 Å². The summed E-state index contributed by atoms with van der Waals surface area (Å²) in [5.74, 6) is -0.589. The van der Waals surface area contributed by atoms with Gasteiger partial charge in [-0.15, -0.1) is 0 Å². The van der Waals surface area contributed by atoms with Crippen molar-refractivity contribution in [2.45, 2.75) is 26.3 Å². The molecule has 0 aliphatic rings. The van der Waals surface area contributed by atoms with Gasteiger partial charge in [0.1, 0.15) is 10.3 Å². The first-order valence-corrected chi connectivity index (χ1v) is 12.0. The Morgan fingerprint density at radius 1 is 1.23 bits per heavy atom. The Bertz CT molecular complexity index is 1400. The molecule has 0 bridgehead atoms. The third-order valence-electron chi connectivity index (χ3n) is 5.38. The number of anilines is 1. The zero-order valence-electron chi connectivity index (χ0n) is 19.2. The van der Waals surface area contributed by atoms with Crippen molar-refractivity contribution in [1.82, 2.24) is 29.7 Å². The predicted molar refractivity (Wildman–Crippen MR) is 135 cm³/mol. The maximum atomic E-state index is 13.5. The molecular weight excluding hydrogens is 538 g/mol. The maximum absolute atomic E-state index is 13.5. The number of hydrogen-bond acceptors (Lipinski definition) is 6. The van der Waals surface area contributed by atoms with E-state index < -0.39 is 5.91 Å². The number of carbonyl (C=O) groups is 2. The summed E-state index contributed by atoms with van der Waals surface area (Å²) in [4.78, 5) is 31.1. The number of nitrogens with one attached hydrogen (secondary N) is 2. The molecule has 0 radical (unpaired) electrons. The smallest absolute Gasteiger partial charge is 0.274 e. The van der Waals surface area contributed by atoms with E-state index in [1.54, 1.807) is 43.8 Å². The second-order valence-corrected chi connectivity index (χ2v) is 9.00. The zero-order valence-corrected chi connectivity index (χ0v) is 21.6. The van der Waals surface area contributed by atoms with E-state index in [2.05, 4.69) is 41.7 Å². The summed E-state index contributed by atoms with van der Waals surface area (Å²) in [7, 11) is 1.58. The molecule has 0 aliphatic heterocycles. The average molecular weight is 561 g/mol. The number of nitrogens with zero attached hydrogens (tertiary/aromatic N) is 5. The molecule has 182 valence electrons. The quantitative estimate of drug-likeness (QED) is 0.336. The van der Waals surface area contributed by atoms with Crippen LogP contribution in [0.3, 0.4) is 0 Å². The van der Waals surface area contributed by atoms with Gasteiger partial charge < -0.3 is 15.4 Å².